The maximum absolute atomic E-state index is 12.3. The van der Waals surface area contributed by atoms with Gasteiger partial charge in [-0.2, -0.15) is 0 Å². The zero-order valence-electron chi connectivity index (χ0n) is 16.1. The second-order valence-electron chi connectivity index (χ2n) is 7.19. The van der Waals surface area contributed by atoms with E-state index in [0.29, 0.717) is 29.6 Å². The van der Waals surface area contributed by atoms with E-state index < -0.39 is 0 Å². The molecule has 3 aromatic rings. The number of anilines is 1. The van der Waals surface area contributed by atoms with Crippen molar-refractivity contribution in [3.05, 3.63) is 54.3 Å². The molecule has 3 heterocycles. The lowest BCUT2D eigenvalue weighted by molar-refractivity contribution is -0.117. The van der Waals surface area contributed by atoms with Crippen LogP contribution in [0.1, 0.15) is 41.9 Å². The number of ketones is 1. The molecule has 0 unspecified atom stereocenters. The first kappa shape index (κ1) is 19.1. The van der Waals surface area contributed by atoms with Gasteiger partial charge >= 0.3 is 0 Å². The summed E-state index contributed by atoms with van der Waals surface area (Å²) >= 11 is 0. The molecule has 2 aromatic heterocycles. The zero-order chi connectivity index (χ0) is 20.2. The largest absolute Gasteiger partial charge is 0.472 e. The Labute approximate surface area is 167 Å². The average Bonchev–Trinajstić information content (AvgIpc) is 3.41. The van der Waals surface area contributed by atoms with E-state index in [9.17, 15) is 9.59 Å². The van der Waals surface area contributed by atoms with E-state index in [4.69, 9.17) is 8.83 Å². The van der Waals surface area contributed by atoms with Crippen LogP contribution in [0, 0.1) is 0 Å². The van der Waals surface area contributed by atoms with Crippen LogP contribution in [-0.2, 0) is 4.79 Å². The number of rotatable bonds is 6. The molecular weight excluding hydrogens is 372 g/mol. The molecule has 1 aliphatic heterocycles. The van der Waals surface area contributed by atoms with E-state index in [-0.39, 0.29) is 17.6 Å². The Morgan fingerprint density at radius 2 is 1.90 bits per heavy atom. The Balaban J connectivity index is 1.26. The Morgan fingerprint density at radius 3 is 2.55 bits per heavy atom. The van der Waals surface area contributed by atoms with Gasteiger partial charge in [-0.05, 0) is 63.2 Å². The molecule has 150 valence electrons. The molecule has 1 fully saturated rings. The fraction of sp³-hybridized carbons (Fsp3) is 0.333. The molecule has 1 saturated heterocycles. The number of benzene rings is 1. The van der Waals surface area contributed by atoms with Gasteiger partial charge in [-0.3, -0.25) is 14.5 Å². The highest BCUT2D eigenvalue weighted by Crippen LogP contribution is 2.29. The van der Waals surface area contributed by atoms with E-state index in [1.54, 1.807) is 42.9 Å². The summed E-state index contributed by atoms with van der Waals surface area (Å²) in [5.74, 6) is 1.23. The highest BCUT2D eigenvalue weighted by Gasteiger charge is 2.26. The van der Waals surface area contributed by atoms with Gasteiger partial charge in [-0.1, -0.05) is 0 Å². The molecule has 1 amide bonds. The molecule has 0 aliphatic carbocycles. The molecule has 1 aromatic carbocycles. The second kappa shape index (κ2) is 8.40. The van der Waals surface area contributed by atoms with Gasteiger partial charge in [0, 0.05) is 17.2 Å². The third-order valence-corrected chi connectivity index (χ3v) is 5.09. The Morgan fingerprint density at radius 1 is 1.14 bits per heavy atom. The molecule has 29 heavy (non-hydrogen) atoms. The predicted molar refractivity (Wildman–Crippen MR) is 105 cm³/mol. The SMILES string of the molecule is CC(=O)c1ccc(NC(=O)CN2CCC(c3nnc(-c4ccoc4)o3)CC2)cc1. The standard InChI is InChI=1S/C21H22N4O4/c1-14(26)15-2-4-18(5-3-15)22-19(27)12-25-9-6-16(7-10-25)20-23-24-21(29-20)17-8-11-28-13-17/h2-5,8,11,13,16H,6-7,9-10,12H2,1H3,(H,22,27). The number of hydrogen-bond acceptors (Lipinski definition) is 7. The molecule has 1 aliphatic rings. The first-order chi connectivity index (χ1) is 14.1. The minimum absolute atomic E-state index is 0.00359. The Bertz CT molecular complexity index is 971. The van der Waals surface area contributed by atoms with Gasteiger partial charge in [0.05, 0.1) is 18.4 Å². The molecule has 8 nitrogen and oxygen atoms in total. The smallest absolute Gasteiger partial charge is 0.250 e. The number of aromatic nitrogens is 2. The number of likely N-dealkylation sites (tertiary alicyclic amines) is 1. The summed E-state index contributed by atoms with van der Waals surface area (Å²) in [5.41, 5.74) is 2.09. The van der Waals surface area contributed by atoms with Gasteiger partial charge in [0.1, 0.15) is 6.26 Å². The fourth-order valence-corrected chi connectivity index (χ4v) is 3.43. The van der Waals surface area contributed by atoms with Crippen LogP contribution >= 0.6 is 0 Å². The van der Waals surface area contributed by atoms with E-state index in [0.717, 1.165) is 31.5 Å². The number of carbonyl (C=O) groups excluding carboxylic acids is 2. The number of amides is 1. The van der Waals surface area contributed by atoms with Crippen molar-refractivity contribution >= 4 is 17.4 Å². The van der Waals surface area contributed by atoms with E-state index in [1.165, 1.54) is 6.92 Å². The van der Waals surface area contributed by atoms with Crippen molar-refractivity contribution in [3.8, 4) is 11.5 Å². The van der Waals surface area contributed by atoms with Crippen LogP contribution in [0.2, 0.25) is 0 Å². The van der Waals surface area contributed by atoms with Gasteiger partial charge in [-0.15, -0.1) is 10.2 Å². The summed E-state index contributed by atoms with van der Waals surface area (Å²) < 4.78 is 10.8. The van der Waals surface area contributed by atoms with Crippen LogP contribution in [0.4, 0.5) is 5.69 Å². The topological polar surface area (TPSA) is 101 Å². The van der Waals surface area contributed by atoms with Crippen LogP contribution < -0.4 is 5.32 Å². The van der Waals surface area contributed by atoms with E-state index in [2.05, 4.69) is 20.4 Å². The normalized spacial score (nSPS) is 15.3. The lowest BCUT2D eigenvalue weighted by atomic mass is 9.97. The van der Waals surface area contributed by atoms with Crippen molar-refractivity contribution in [1.82, 2.24) is 15.1 Å². The van der Waals surface area contributed by atoms with Crippen LogP contribution in [0.3, 0.4) is 0 Å². The minimum atomic E-state index is -0.0703. The number of piperidine rings is 1. The molecule has 1 N–H and O–H groups in total. The molecule has 0 saturated carbocycles. The van der Waals surface area contributed by atoms with Crippen molar-refractivity contribution in [2.75, 3.05) is 25.0 Å². The maximum Gasteiger partial charge on any atom is 0.250 e. The van der Waals surface area contributed by atoms with Gasteiger partial charge in [-0.25, -0.2) is 0 Å². The van der Waals surface area contributed by atoms with Crippen molar-refractivity contribution < 1.29 is 18.4 Å². The van der Waals surface area contributed by atoms with Crippen LogP contribution in [0.25, 0.3) is 11.5 Å². The van der Waals surface area contributed by atoms with Crippen LogP contribution in [0.5, 0.6) is 0 Å². The Hall–Kier alpha value is -3.26. The highest BCUT2D eigenvalue weighted by molar-refractivity contribution is 5.96. The van der Waals surface area contributed by atoms with Gasteiger partial charge in [0.15, 0.2) is 5.78 Å². The number of carbonyl (C=O) groups is 2. The summed E-state index contributed by atoms with van der Waals surface area (Å²) in [6, 6.07) is 8.70. The van der Waals surface area contributed by atoms with Gasteiger partial charge in [0.25, 0.3) is 5.89 Å². The molecule has 0 bridgehead atoms. The highest BCUT2D eigenvalue weighted by atomic mass is 16.4. The molecule has 8 heteroatoms. The lowest BCUT2D eigenvalue weighted by Crippen LogP contribution is -2.38. The number of nitrogens with zero attached hydrogens (tertiary/aromatic N) is 3. The quantitative estimate of drug-likeness (QED) is 0.640. The summed E-state index contributed by atoms with van der Waals surface area (Å²) in [7, 11) is 0. The number of hydrogen-bond donors (Lipinski definition) is 1. The minimum Gasteiger partial charge on any atom is -0.472 e. The number of nitrogens with one attached hydrogen (secondary N) is 1. The summed E-state index contributed by atoms with van der Waals surface area (Å²) in [4.78, 5) is 25.7. The van der Waals surface area contributed by atoms with Crippen molar-refractivity contribution in [3.63, 3.8) is 0 Å². The van der Waals surface area contributed by atoms with Gasteiger partial charge in [0.2, 0.25) is 11.8 Å². The zero-order valence-corrected chi connectivity index (χ0v) is 16.1. The molecule has 4 rings (SSSR count). The van der Waals surface area contributed by atoms with Crippen molar-refractivity contribution in [1.29, 1.82) is 0 Å². The van der Waals surface area contributed by atoms with Crippen LogP contribution in [0.15, 0.2) is 51.7 Å². The van der Waals surface area contributed by atoms with Crippen molar-refractivity contribution in [2.45, 2.75) is 25.7 Å². The molecular formula is C21H22N4O4. The molecule has 0 radical (unpaired) electrons. The van der Waals surface area contributed by atoms with E-state index in [1.807, 2.05) is 0 Å². The van der Waals surface area contributed by atoms with Crippen molar-refractivity contribution in [2.24, 2.45) is 0 Å². The third-order valence-electron chi connectivity index (χ3n) is 5.09. The number of furan rings is 1. The average molecular weight is 394 g/mol. The first-order valence-corrected chi connectivity index (χ1v) is 9.57. The Kier molecular flexibility index (Phi) is 5.53. The first-order valence-electron chi connectivity index (χ1n) is 9.57. The maximum atomic E-state index is 12.3. The monoisotopic (exact) mass is 394 g/mol. The van der Waals surface area contributed by atoms with Gasteiger partial charge < -0.3 is 14.2 Å². The summed E-state index contributed by atoms with van der Waals surface area (Å²) in [5, 5.41) is 11.1. The summed E-state index contributed by atoms with van der Waals surface area (Å²) in [6.07, 6.45) is 4.85. The number of Topliss-reactive ketones (excluding diaryl/α,β-unsaturated/α-hetero) is 1. The fourth-order valence-electron chi connectivity index (χ4n) is 3.43. The second-order valence-corrected chi connectivity index (χ2v) is 7.19. The lowest BCUT2D eigenvalue weighted by Gasteiger charge is -2.29. The van der Waals surface area contributed by atoms with E-state index >= 15 is 0 Å². The third kappa shape index (κ3) is 4.60. The van der Waals surface area contributed by atoms with Crippen LogP contribution in [-0.4, -0.2) is 46.4 Å². The predicted octanol–water partition coefficient (Wildman–Crippen LogP) is 3.35. The molecule has 0 atom stereocenters. The summed E-state index contributed by atoms with van der Waals surface area (Å²) in [6.45, 7) is 3.41. The molecule has 0 spiro atoms.